The Balaban J connectivity index is 1.82. The van der Waals surface area contributed by atoms with E-state index in [-0.39, 0.29) is 5.91 Å². The number of aromatic nitrogens is 1. The Kier molecular flexibility index (Phi) is 3.92. The second-order valence-electron chi connectivity index (χ2n) is 5.19. The molecule has 4 heteroatoms. The van der Waals surface area contributed by atoms with Crippen LogP contribution in [0.3, 0.4) is 0 Å². The first-order chi connectivity index (χ1) is 10.7. The average Bonchev–Trinajstić information content (AvgIpc) is 2.88. The Morgan fingerprint density at radius 1 is 1.18 bits per heavy atom. The number of fused-ring (bicyclic) bond motifs is 1. The van der Waals surface area contributed by atoms with Gasteiger partial charge in [-0.25, -0.2) is 4.98 Å². The third-order valence-electron chi connectivity index (χ3n) is 3.60. The van der Waals surface area contributed by atoms with E-state index >= 15 is 0 Å². The highest BCUT2D eigenvalue weighted by atomic mass is 16.3. The molecule has 1 heterocycles. The van der Waals surface area contributed by atoms with Crippen molar-refractivity contribution in [1.29, 1.82) is 0 Å². The van der Waals surface area contributed by atoms with E-state index in [0.29, 0.717) is 18.9 Å². The Bertz CT molecular complexity index is 793. The maximum atomic E-state index is 12.6. The minimum Gasteiger partial charge on any atom is -0.441 e. The molecule has 0 aliphatic heterocycles. The number of para-hydroxylation sites is 1. The summed E-state index contributed by atoms with van der Waals surface area (Å²) in [6, 6.07) is 15.4. The van der Waals surface area contributed by atoms with E-state index in [1.54, 1.807) is 4.90 Å². The van der Waals surface area contributed by atoms with Crippen LogP contribution in [0.5, 0.6) is 0 Å². The molecule has 0 N–H and O–H groups in total. The van der Waals surface area contributed by atoms with Gasteiger partial charge in [-0.2, -0.15) is 0 Å². The summed E-state index contributed by atoms with van der Waals surface area (Å²) < 4.78 is 5.46. The van der Waals surface area contributed by atoms with Crippen LogP contribution in [0.1, 0.15) is 18.4 Å². The number of amides is 1. The third-order valence-corrected chi connectivity index (χ3v) is 3.60. The van der Waals surface area contributed by atoms with E-state index in [2.05, 4.69) is 4.98 Å². The van der Waals surface area contributed by atoms with Gasteiger partial charge in [-0.1, -0.05) is 24.3 Å². The van der Waals surface area contributed by atoms with Crippen LogP contribution in [-0.4, -0.2) is 17.4 Å². The van der Waals surface area contributed by atoms with Gasteiger partial charge in [-0.3, -0.25) is 4.79 Å². The SMILES string of the molecule is CCN(C(=O)Cc1ccc2oc(C)nc2c1)c1ccccc1. The molecular formula is C18H18N2O2. The molecule has 1 amide bonds. The molecule has 1 aromatic heterocycles. The van der Waals surface area contributed by atoms with Crippen molar-refractivity contribution in [2.24, 2.45) is 0 Å². The second-order valence-corrected chi connectivity index (χ2v) is 5.19. The Morgan fingerprint density at radius 3 is 2.68 bits per heavy atom. The lowest BCUT2D eigenvalue weighted by Crippen LogP contribution is -2.31. The monoisotopic (exact) mass is 294 g/mol. The van der Waals surface area contributed by atoms with Crippen molar-refractivity contribution < 1.29 is 9.21 Å². The Hall–Kier alpha value is -2.62. The second kappa shape index (κ2) is 6.02. The van der Waals surface area contributed by atoms with Gasteiger partial charge in [0.1, 0.15) is 5.52 Å². The largest absolute Gasteiger partial charge is 0.441 e. The Morgan fingerprint density at radius 2 is 1.95 bits per heavy atom. The molecule has 0 spiro atoms. The molecule has 0 aliphatic rings. The highest BCUT2D eigenvalue weighted by Gasteiger charge is 2.15. The van der Waals surface area contributed by atoms with Gasteiger partial charge in [-0.15, -0.1) is 0 Å². The predicted octanol–water partition coefficient (Wildman–Crippen LogP) is 3.73. The molecule has 0 saturated carbocycles. The number of hydrogen-bond acceptors (Lipinski definition) is 3. The molecule has 0 bridgehead atoms. The number of aryl methyl sites for hydroxylation is 1. The van der Waals surface area contributed by atoms with Gasteiger partial charge in [0.05, 0.1) is 6.42 Å². The fraction of sp³-hybridized carbons (Fsp3) is 0.222. The molecule has 0 fully saturated rings. The number of likely N-dealkylation sites (N-methyl/N-ethyl adjacent to an activating group) is 1. The summed E-state index contributed by atoms with van der Waals surface area (Å²) in [6.07, 6.45) is 0.352. The van der Waals surface area contributed by atoms with E-state index < -0.39 is 0 Å². The van der Waals surface area contributed by atoms with Gasteiger partial charge >= 0.3 is 0 Å². The van der Waals surface area contributed by atoms with Crippen LogP contribution in [-0.2, 0) is 11.2 Å². The topological polar surface area (TPSA) is 46.3 Å². The number of rotatable bonds is 4. The summed E-state index contributed by atoms with van der Waals surface area (Å²) in [7, 11) is 0. The quantitative estimate of drug-likeness (QED) is 0.736. The lowest BCUT2D eigenvalue weighted by Gasteiger charge is -2.21. The standard InChI is InChI=1S/C18H18N2O2/c1-3-20(15-7-5-4-6-8-15)18(21)12-14-9-10-17-16(11-14)19-13(2)22-17/h4-11H,3,12H2,1-2H3. The van der Waals surface area contributed by atoms with E-state index in [4.69, 9.17) is 4.42 Å². The maximum absolute atomic E-state index is 12.6. The fourth-order valence-electron chi connectivity index (χ4n) is 2.58. The van der Waals surface area contributed by atoms with Crippen LogP contribution in [0.4, 0.5) is 5.69 Å². The molecule has 22 heavy (non-hydrogen) atoms. The summed E-state index contributed by atoms with van der Waals surface area (Å²) in [6.45, 7) is 4.45. The third kappa shape index (κ3) is 2.86. The highest BCUT2D eigenvalue weighted by Crippen LogP contribution is 2.19. The summed E-state index contributed by atoms with van der Waals surface area (Å²) in [5, 5.41) is 0. The molecule has 0 aliphatic carbocycles. The van der Waals surface area contributed by atoms with Crippen molar-refractivity contribution in [2.45, 2.75) is 20.3 Å². The van der Waals surface area contributed by atoms with Gasteiger partial charge in [-0.05, 0) is 36.8 Å². The number of anilines is 1. The minimum atomic E-state index is 0.0771. The summed E-state index contributed by atoms with van der Waals surface area (Å²) in [5.74, 6) is 0.714. The molecule has 2 aromatic carbocycles. The predicted molar refractivity (Wildman–Crippen MR) is 86.9 cm³/mol. The van der Waals surface area contributed by atoms with Crippen LogP contribution < -0.4 is 4.90 Å². The lowest BCUT2D eigenvalue weighted by molar-refractivity contribution is -0.117. The van der Waals surface area contributed by atoms with Crippen LogP contribution in [0.15, 0.2) is 52.9 Å². The van der Waals surface area contributed by atoms with E-state index in [1.165, 1.54) is 0 Å². The fourth-order valence-corrected chi connectivity index (χ4v) is 2.58. The molecular weight excluding hydrogens is 276 g/mol. The van der Waals surface area contributed by atoms with E-state index in [9.17, 15) is 4.79 Å². The number of nitrogens with zero attached hydrogens (tertiary/aromatic N) is 2. The van der Waals surface area contributed by atoms with Crippen LogP contribution >= 0.6 is 0 Å². The first kappa shape index (κ1) is 14.3. The maximum Gasteiger partial charge on any atom is 0.231 e. The van der Waals surface area contributed by atoms with Gasteiger partial charge in [0, 0.05) is 19.2 Å². The Labute approximate surface area is 129 Å². The normalized spacial score (nSPS) is 10.8. The molecule has 0 unspecified atom stereocenters. The highest BCUT2D eigenvalue weighted by molar-refractivity contribution is 5.95. The van der Waals surface area contributed by atoms with E-state index in [1.807, 2.05) is 62.4 Å². The van der Waals surface area contributed by atoms with Crippen molar-refractivity contribution in [3.05, 3.63) is 60.0 Å². The molecule has 0 atom stereocenters. The van der Waals surface area contributed by atoms with Crippen molar-refractivity contribution in [3.8, 4) is 0 Å². The zero-order chi connectivity index (χ0) is 15.5. The number of oxazole rings is 1. The van der Waals surface area contributed by atoms with Crippen LogP contribution in [0.25, 0.3) is 11.1 Å². The first-order valence-corrected chi connectivity index (χ1v) is 7.39. The van der Waals surface area contributed by atoms with Crippen LogP contribution in [0, 0.1) is 6.92 Å². The molecule has 3 rings (SSSR count). The van der Waals surface area contributed by atoms with Gasteiger partial charge in [0.15, 0.2) is 11.5 Å². The first-order valence-electron chi connectivity index (χ1n) is 7.39. The zero-order valence-corrected chi connectivity index (χ0v) is 12.7. The molecule has 112 valence electrons. The van der Waals surface area contributed by atoms with Gasteiger partial charge in [0.25, 0.3) is 0 Å². The zero-order valence-electron chi connectivity index (χ0n) is 12.7. The number of carbonyl (C=O) groups is 1. The summed E-state index contributed by atoms with van der Waals surface area (Å²) in [5.41, 5.74) is 3.42. The van der Waals surface area contributed by atoms with Crippen molar-refractivity contribution >= 4 is 22.7 Å². The number of carbonyl (C=O) groups excluding carboxylic acids is 1. The molecule has 0 radical (unpaired) electrons. The van der Waals surface area contributed by atoms with Crippen molar-refractivity contribution in [2.75, 3.05) is 11.4 Å². The average molecular weight is 294 g/mol. The van der Waals surface area contributed by atoms with Crippen molar-refractivity contribution in [1.82, 2.24) is 4.98 Å². The molecule has 3 aromatic rings. The van der Waals surface area contributed by atoms with Gasteiger partial charge in [0.2, 0.25) is 5.91 Å². The lowest BCUT2D eigenvalue weighted by atomic mass is 10.1. The van der Waals surface area contributed by atoms with Crippen molar-refractivity contribution in [3.63, 3.8) is 0 Å². The van der Waals surface area contributed by atoms with Gasteiger partial charge < -0.3 is 9.32 Å². The smallest absolute Gasteiger partial charge is 0.231 e. The summed E-state index contributed by atoms with van der Waals surface area (Å²) in [4.78, 5) is 18.7. The minimum absolute atomic E-state index is 0.0771. The van der Waals surface area contributed by atoms with Crippen LogP contribution in [0.2, 0.25) is 0 Å². The van der Waals surface area contributed by atoms with E-state index in [0.717, 1.165) is 22.4 Å². The molecule has 4 nitrogen and oxygen atoms in total. The molecule has 0 saturated heterocycles. The number of hydrogen-bond donors (Lipinski definition) is 0. The summed E-state index contributed by atoms with van der Waals surface area (Å²) >= 11 is 0. The number of benzene rings is 2.